The minimum Gasteiger partial charge on any atom is -0.284 e. The van der Waals surface area contributed by atoms with Gasteiger partial charge in [-0.3, -0.25) is 4.72 Å². The first-order valence-corrected chi connectivity index (χ1v) is 11.3. The number of sulfonamides is 1. The smallest absolute Gasteiger partial charge is 0.229 e. The van der Waals surface area contributed by atoms with E-state index in [2.05, 4.69) is 60.2 Å². The van der Waals surface area contributed by atoms with E-state index in [0.717, 1.165) is 24.7 Å². The largest absolute Gasteiger partial charge is 0.284 e. The Balaban J connectivity index is 1.84. The van der Waals surface area contributed by atoms with Crippen LogP contribution in [0.4, 0.5) is 5.69 Å². The van der Waals surface area contributed by atoms with Crippen LogP contribution in [0.15, 0.2) is 66.7 Å². The topological polar surface area (TPSA) is 46.2 Å². The second-order valence-electron chi connectivity index (χ2n) is 7.32. The van der Waals surface area contributed by atoms with Crippen LogP contribution < -0.4 is 4.72 Å². The van der Waals surface area contributed by atoms with Crippen molar-refractivity contribution < 1.29 is 8.42 Å². The van der Waals surface area contributed by atoms with E-state index in [1.165, 1.54) is 33.4 Å². The van der Waals surface area contributed by atoms with Gasteiger partial charge in [-0.05, 0) is 76.9 Å². The van der Waals surface area contributed by atoms with Gasteiger partial charge in [0.25, 0.3) is 0 Å². The van der Waals surface area contributed by atoms with Gasteiger partial charge in [-0.15, -0.1) is 0 Å². The third kappa shape index (κ3) is 3.87. The second-order valence-corrected chi connectivity index (χ2v) is 9.07. The molecule has 0 aliphatic heterocycles. The van der Waals surface area contributed by atoms with Crippen molar-refractivity contribution in [1.29, 1.82) is 0 Å². The molecule has 0 radical (unpaired) electrons. The van der Waals surface area contributed by atoms with Crippen LogP contribution in [0.2, 0.25) is 0 Å². The number of fused-ring (bicyclic) bond motifs is 2. The molecule has 1 aliphatic rings. The highest BCUT2D eigenvalue weighted by atomic mass is 32.2. The van der Waals surface area contributed by atoms with Crippen molar-refractivity contribution in [2.75, 3.05) is 11.0 Å². The van der Waals surface area contributed by atoms with E-state index in [1.54, 1.807) is 12.1 Å². The van der Waals surface area contributed by atoms with Crippen LogP contribution in [0, 0.1) is 6.92 Å². The molecule has 3 aromatic rings. The third-order valence-corrected chi connectivity index (χ3v) is 5.73. The number of benzene rings is 3. The molecule has 4 rings (SSSR count). The number of aryl methyl sites for hydroxylation is 3. The van der Waals surface area contributed by atoms with Crippen LogP contribution in [0.5, 0.6) is 0 Å². The SMILES string of the molecule is Cc1cccc2c1/C(=C\c1ccc(NS(C)(=O)=O)cc1)c1ccccc1CC2. The third-order valence-electron chi connectivity index (χ3n) is 5.12. The van der Waals surface area contributed by atoms with Gasteiger partial charge in [0.05, 0.1) is 6.26 Å². The molecular formula is C24H23NO2S. The van der Waals surface area contributed by atoms with Gasteiger partial charge in [0.1, 0.15) is 0 Å². The first-order chi connectivity index (χ1) is 13.4. The van der Waals surface area contributed by atoms with E-state index in [0.29, 0.717) is 5.69 Å². The standard InChI is InChI=1S/C24H23NO2S/c1-17-6-5-8-20-13-12-19-7-3-4-9-22(19)23(24(17)20)16-18-10-14-21(15-11-18)25-28(2,26)27/h3-11,14-16,25H,12-13H2,1-2H3/b23-16-. The summed E-state index contributed by atoms with van der Waals surface area (Å²) in [7, 11) is -3.27. The lowest BCUT2D eigenvalue weighted by Gasteiger charge is -2.15. The van der Waals surface area contributed by atoms with Gasteiger partial charge < -0.3 is 0 Å². The maximum Gasteiger partial charge on any atom is 0.229 e. The molecule has 0 bridgehead atoms. The highest BCUT2D eigenvalue weighted by Gasteiger charge is 2.19. The van der Waals surface area contributed by atoms with E-state index >= 15 is 0 Å². The number of rotatable bonds is 3. The summed E-state index contributed by atoms with van der Waals surface area (Å²) in [6, 6.07) is 22.6. The molecule has 142 valence electrons. The molecular weight excluding hydrogens is 366 g/mol. The lowest BCUT2D eigenvalue weighted by Crippen LogP contribution is -2.09. The number of hydrogen-bond donors (Lipinski definition) is 1. The zero-order valence-electron chi connectivity index (χ0n) is 16.1. The lowest BCUT2D eigenvalue weighted by molar-refractivity contribution is 0.607. The van der Waals surface area contributed by atoms with Crippen molar-refractivity contribution in [3.8, 4) is 0 Å². The first-order valence-electron chi connectivity index (χ1n) is 9.37. The first kappa shape index (κ1) is 18.5. The average molecular weight is 390 g/mol. The minimum atomic E-state index is -3.27. The van der Waals surface area contributed by atoms with E-state index < -0.39 is 10.0 Å². The molecule has 28 heavy (non-hydrogen) atoms. The second kappa shape index (κ2) is 7.28. The Hall–Kier alpha value is -2.85. The summed E-state index contributed by atoms with van der Waals surface area (Å²) >= 11 is 0. The summed E-state index contributed by atoms with van der Waals surface area (Å²) in [6.45, 7) is 2.17. The summed E-state index contributed by atoms with van der Waals surface area (Å²) in [5.41, 5.74) is 9.43. The highest BCUT2D eigenvalue weighted by Crippen LogP contribution is 2.36. The Kier molecular flexibility index (Phi) is 4.82. The van der Waals surface area contributed by atoms with Crippen LogP contribution in [0.1, 0.15) is 33.4 Å². The Morgan fingerprint density at radius 3 is 2.29 bits per heavy atom. The number of anilines is 1. The van der Waals surface area contributed by atoms with Crippen molar-refractivity contribution >= 4 is 27.4 Å². The van der Waals surface area contributed by atoms with Crippen LogP contribution in [-0.4, -0.2) is 14.7 Å². The Bertz CT molecular complexity index is 1160. The van der Waals surface area contributed by atoms with Gasteiger partial charge >= 0.3 is 0 Å². The molecule has 3 aromatic carbocycles. The Labute approximate surface area is 166 Å². The summed E-state index contributed by atoms with van der Waals surface area (Å²) in [5, 5.41) is 0. The fraction of sp³-hybridized carbons (Fsp3) is 0.167. The zero-order chi connectivity index (χ0) is 19.7. The minimum absolute atomic E-state index is 0.572. The van der Waals surface area contributed by atoms with Crippen LogP contribution in [0.25, 0.3) is 11.6 Å². The van der Waals surface area contributed by atoms with Gasteiger partial charge in [-0.1, -0.05) is 54.6 Å². The molecule has 0 atom stereocenters. The number of hydrogen-bond acceptors (Lipinski definition) is 2. The molecule has 0 fully saturated rings. The predicted molar refractivity (Wildman–Crippen MR) is 117 cm³/mol. The Morgan fingerprint density at radius 2 is 1.54 bits per heavy atom. The van der Waals surface area contributed by atoms with Gasteiger partial charge in [-0.25, -0.2) is 8.42 Å². The summed E-state index contributed by atoms with van der Waals surface area (Å²) in [6.07, 6.45) is 5.43. The molecule has 1 N–H and O–H groups in total. The van der Waals surface area contributed by atoms with Crippen molar-refractivity contribution in [2.45, 2.75) is 19.8 Å². The van der Waals surface area contributed by atoms with Gasteiger partial charge in [0.2, 0.25) is 10.0 Å². The number of nitrogens with one attached hydrogen (secondary N) is 1. The quantitative estimate of drug-likeness (QED) is 0.681. The van der Waals surface area contributed by atoms with Crippen molar-refractivity contribution in [1.82, 2.24) is 0 Å². The van der Waals surface area contributed by atoms with Crippen molar-refractivity contribution in [3.63, 3.8) is 0 Å². The molecule has 1 aliphatic carbocycles. The van der Waals surface area contributed by atoms with E-state index in [-0.39, 0.29) is 0 Å². The van der Waals surface area contributed by atoms with E-state index in [1.807, 2.05) is 12.1 Å². The lowest BCUT2D eigenvalue weighted by atomic mass is 9.89. The molecule has 0 spiro atoms. The zero-order valence-corrected chi connectivity index (χ0v) is 16.9. The molecule has 0 unspecified atom stereocenters. The average Bonchev–Trinajstić information content (AvgIpc) is 2.81. The van der Waals surface area contributed by atoms with Crippen molar-refractivity contribution in [2.24, 2.45) is 0 Å². The maximum absolute atomic E-state index is 11.4. The molecule has 0 aromatic heterocycles. The summed E-state index contributed by atoms with van der Waals surface area (Å²) < 4.78 is 25.4. The molecule has 3 nitrogen and oxygen atoms in total. The van der Waals surface area contributed by atoms with E-state index in [9.17, 15) is 8.42 Å². The van der Waals surface area contributed by atoms with E-state index in [4.69, 9.17) is 0 Å². The monoisotopic (exact) mass is 389 g/mol. The molecule has 4 heteroatoms. The fourth-order valence-corrected chi connectivity index (χ4v) is 4.47. The normalized spacial score (nSPS) is 14.9. The summed E-state index contributed by atoms with van der Waals surface area (Å²) in [5.74, 6) is 0. The fourth-order valence-electron chi connectivity index (χ4n) is 3.91. The molecule has 0 heterocycles. The molecule has 0 saturated carbocycles. The van der Waals surface area contributed by atoms with Gasteiger partial charge in [0.15, 0.2) is 0 Å². The predicted octanol–water partition coefficient (Wildman–Crippen LogP) is 5.05. The molecule has 0 saturated heterocycles. The highest BCUT2D eigenvalue weighted by molar-refractivity contribution is 7.92. The van der Waals surface area contributed by atoms with Crippen LogP contribution >= 0.6 is 0 Å². The Morgan fingerprint density at radius 1 is 0.857 bits per heavy atom. The maximum atomic E-state index is 11.4. The summed E-state index contributed by atoms with van der Waals surface area (Å²) in [4.78, 5) is 0. The van der Waals surface area contributed by atoms with Gasteiger partial charge in [-0.2, -0.15) is 0 Å². The van der Waals surface area contributed by atoms with Gasteiger partial charge in [0, 0.05) is 5.69 Å². The van der Waals surface area contributed by atoms with Crippen LogP contribution in [-0.2, 0) is 22.9 Å². The van der Waals surface area contributed by atoms with Crippen LogP contribution in [0.3, 0.4) is 0 Å². The van der Waals surface area contributed by atoms with Crippen molar-refractivity contribution in [3.05, 3.63) is 100 Å². The molecule has 0 amide bonds.